The molecule has 0 atom stereocenters. The standard InChI is InChI=1S/C20H16ClNO2/c1-24-19-13-17(11-12-18(19)21)22-20(23)16-9-7-15(8-10-16)14-5-3-2-4-6-14/h2-13H,1H3,(H,22,23). The Bertz CT molecular complexity index is 845. The van der Waals surface area contributed by atoms with Crippen molar-refractivity contribution in [3.63, 3.8) is 0 Å². The molecule has 0 fully saturated rings. The molecular weight excluding hydrogens is 322 g/mol. The molecule has 0 spiro atoms. The Hall–Kier alpha value is -2.78. The van der Waals surface area contributed by atoms with Gasteiger partial charge in [-0.25, -0.2) is 0 Å². The van der Waals surface area contributed by atoms with E-state index in [-0.39, 0.29) is 5.91 Å². The van der Waals surface area contributed by atoms with Crippen LogP contribution in [-0.4, -0.2) is 13.0 Å². The summed E-state index contributed by atoms with van der Waals surface area (Å²) in [5.41, 5.74) is 3.41. The number of carbonyl (C=O) groups excluding carboxylic acids is 1. The predicted octanol–water partition coefficient (Wildman–Crippen LogP) is 5.27. The number of hydrogen-bond donors (Lipinski definition) is 1. The number of methoxy groups -OCH3 is 1. The second kappa shape index (κ2) is 7.20. The summed E-state index contributed by atoms with van der Waals surface area (Å²) >= 11 is 5.99. The van der Waals surface area contributed by atoms with Gasteiger partial charge in [0, 0.05) is 17.3 Å². The molecule has 0 radical (unpaired) electrons. The monoisotopic (exact) mass is 337 g/mol. The summed E-state index contributed by atoms with van der Waals surface area (Å²) in [6.07, 6.45) is 0. The zero-order chi connectivity index (χ0) is 16.9. The van der Waals surface area contributed by atoms with Gasteiger partial charge in [-0.3, -0.25) is 4.79 Å². The number of hydrogen-bond acceptors (Lipinski definition) is 2. The van der Waals surface area contributed by atoms with E-state index < -0.39 is 0 Å². The first kappa shape index (κ1) is 16.1. The average Bonchev–Trinajstić information content (AvgIpc) is 2.64. The number of carbonyl (C=O) groups is 1. The van der Waals surface area contributed by atoms with Gasteiger partial charge in [0.05, 0.1) is 12.1 Å². The number of amides is 1. The van der Waals surface area contributed by atoms with E-state index in [1.165, 1.54) is 7.11 Å². The average molecular weight is 338 g/mol. The van der Waals surface area contributed by atoms with Crippen molar-refractivity contribution >= 4 is 23.2 Å². The Labute approximate surface area is 145 Å². The zero-order valence-electron chi connectivity index (χ0n) is 13.1. The van der Waals surface area contributed by atoms with Crippen LogP contribution in [0.2, 0.25) is 5.02 Å². The highest BCUT2D eigenvalue weighted by atomic mass is 35.5. The van der Waals surface area contributed by atoms with Crippen molar-refractivity contribution in [1.82, 2.24) is 0 Å². The summed E-state index contributed by atoms with van der Waals surface area (Å²) in [6, 6.07) is 22.6. The van der Waals surface area contributed by atoms with Crippen LogP contribution in [0.25, 0.3) is 11.1 Å². The van der Waals surface area contributed by atoms with Crippen LogP contribution in [0.1, 0.15) is 10.4 Å². The number of ether oxygens (including phenoxy) is 1. The number of benzene rings is 3. The van der Waals surface area contributed by atoms with Gasteiger partial charge in [-0.15, -0.1) is 0 Å². The fraction of sp³-hybridized carbons (Fsp3) is 0.0500. The van der Waals surface area contributed by atoms with E-state index in [0.29, 0.717) is 22.0 Å². The summed E-state index contributed by atoms with van der Waals surface area (Å²) in [7, 11) is 1.54. The molecule has 0 aliphatic rings. The van der Waals surface area contributed by atoms with Crippen molar-refractivity contribution in [2.45, 2.75) is 0 Å². The quantitative estimate of drug-likeness (QED) is 0.704. The first-order valence-electron chi connectivity index (χ1n) is 7.48. The summed E-state index contributed by atoms with van der Waals surface area (Å²) in [5.74, 6) is 0.341. The van der Waals surface area contributed by atoms with Crippen molar-refractivity contribution in [3.05, 3.63) is 83.4 Å². The molecule has 3 aromatic carbocycles. The Kier molecular flexibility index (Phi) is 4.82. The molecule has 3 aromatic rings. The summed E-state index contributed by atoms with van der Waals surface area (Å²) in [5, 5.41) is 3.34. The van der Waals surface area contributed by atoms with E-state index in [9.17, 15) is 4.79 Å². The second-order valence-electron chi connectivity index (χ2n) is 5.25. The van der Waals surface area contributed by atoms with Crippen LogP contribution in [0.15, 0.2) is 72.8 Å². The molecular formula is C20H16ClNO2. The highest BCUT2D eigenvalue weighted by molar-refractivity contribution is 6.32. The molecule has 1 amide bonds. The van der Waals surface area contributed by atoms with Crippen LogP contribution in [0.4, 0.5) is 5.69 Å². The molecule has 0 aliphatic heterocycles. The predicted molar refractivity (Wildman–Crippen MR) is 97.8 cm³/mol. The topological polar surface area (TPSA) is 38.3 Å². The lowest BCUT2D eigenvalue weighted by molar-refractivity contribution is 0.102. The minimum Gasteiger partial charge on any atom is -0.495 e. The molecule has 24 heavy (non-hydrogen) atoms. The van der Waals surface area contributed by atoms with Gasteiger partial charge in [0.1, 0.15) is 5.75 Å². The highest BCUT2D eigenvalue weighted by Gasteiger charge is 2.08. The van der Waals surface area contributed by atoms with Gasteiger partial charge >= 0.3 is 0 Å². The molecule has 4 heteroatoms. The summed E-state index contributed by atoms with van der Waals surface area (Å²) < 4.78 is 5.15. The van der Waals surface area contributed by atoms with E-state index in [2.05, 4.69) is 5.32 Å². The normalized spacial score (nSPS) is 10.2. The minimum absolute atomic E-state index is 0.181. The van der Waals surface area contributed by atoms with Crippen LogP contribution >= 0.6 is 11.6 Å². The second-order valence-corrected chi connectivity index (χ2v) is 5.65. The number of anilines is 1. The number of halogens is 1. The summed E-state index contributed by atoms with van der Waals surface area (Å²) in [4.78, 5) is 12.4. The third-order valence-corrected chi connectivity index (χ3v) is 3.98. The van der Waals surface area contributed by atoms with Crippen LogP contribution in [0.5, 0.6) is 5.75 Å². The molecule has 0 saturated heterocycles. The van der Waals surface area contributed by atoms with Gasteiger partial charge in [0.15, 0.2) is 0 Å². The van der Waals surface area contributed by atoms with Gasteiger partial charge in [0.25, 0.3) is 5.91 Å². The maximum Gasteiger partial charge on any atom is 0.255 e. The maximum atomic E-state index is 12.4. The van der Waals surface area contributed by atoms with E-state index in [1.807, 2.05) is 54.6 Å². The molecule has 0 aliphatic carbocycles. The van der Waals surface area contributed by atoms with Gasteiger partial charge in [0.2, 0.25) is 0 Å². The maximum absolute atomic E-state index is 12.4. The van der Waals surface area contributed by atoms with Crippen LogP contribution in [0, 0.1) is 0 Å². The Balaban J connectivity index is 1.76. The first-order chi connectivity index (χ1) is 11.7. The van der Waals surface area contributed by atoms with Gasteiger partial charge in [-0.2, -0.15) is 0 Å². The lowest BCUT2D eigenvalue weighted by Gasteiger charge is -2.09. The van der Waals surface area contributed by atoms with Crippen molar-refractivity contribution < 1.29 is 9.53 Å². The molecule has 120 valence electrons. The van der Waals surface area contributed by atoms with Crippen molar-refractivity contribution in [2.75, 3.05) is 12.4 Å². The van der Waals surface area contributed by atoms with E-state index >= 15 is 0 Å². The Morgan fingerprint density at radius 2 is 1.58 bits per heavy atom. The van der Waals surface area contributed by atoms with Crippen molar-refractivity contribution in [3.8, 4) is 16.9 Å². The van der Waals surface area contributed by atoms with Crippen molar-refractivity contribution in [2.24, 2.45) is 0 Å². The highest BCUT2D eigenvalue weighted by Crippen LogP contribution is 2.27. The third-order valence-electron chi connectivity index (χ3n) is 3.66. The molecule has 0 saturated carbocycles. The lowest BCUT2D eigenvalue weighted by Crippen LogP contribution is -2.11. The molecule has 0 aromatic heterocycles. The van der Waals surface area contributed by atoms with Crippen molar-refractivity contribution in [1.29, 1.82) is 0 Å². The molecule has 0 bridgehead atoms. The molecule has 0 heterocycles. The zero-order valence-corrected chi connectivity index (χ0v) is 13.9. The smallest absolute Gasteiger partial charge is 0.255 e. The van der Waals surface area contributed by atoms with Crippen LogP contribution < -0.4 is 10.1 Å². The van der Waals surface area contributed by atoms with Crippen LogP contribution in [-0.2, 0) is 0 Å². The molecule has 0 unspecified atom stereocenters. The Morgan fingerprint density at radius 1 is 0.917 bits per heavy atom. The number of rotatable bonds is 4. The molecule has 3 nitrogen and oxygen atoms in total. The van der Waals surface area contributed by atoms with Gasteiger partial charge < -0.3 is 10.1 Å². The first-order valence-corrected chi connectivity index (χ1v) is 7.85. The minimum atomic E-state index is -0.181. The number of nitrogens with one attached hydrogen (secondary N) is 1. The van der Waals surface area contributed by atoms with Crippen LogP contribution in [0.3, 0.4) is 0 Å². The fourth-order valence-corrected chi connectivity index (χ4v) is 2.58. The Morgan fingerprint density at radius 3 is 2.25 bits per heavy atom. The SMILES string of the molecule is COc1cc(NC(=O)c2ccc(-c3ccccc3)cc2)ccc1Cl. The van der Waals surface area contributed by atoms with E-state index in [4.69, 9.17) is 16.3 Å². The lowest BCUT2D eigenvalue weighted by atomic mass is 10.0. The van der Waals surface area contributed by atoms with Gasteiger partial charge in [-0.05, 0) is 35.4 Å². The molecule has 3 rings (SSSR count). The molecule has 1 N–H and O–H groups in total. The van der Waals surface area contributed by atoms with E-state index in [0.717, 1.165) is 11.1 Å². The third kappa shape index (κ3) is 3.58. The fourth-order valence-electron chi connectivity index (χ4n) is 2.39. The van der Waals surface area contributed by atoms with E-state index in [1.54, 1.807) is 18.2 Å². The van der Waals surface area contributed by atoms with Gasteiger partial charge in [-0.1, -0.05) is 54.1 Å². The summed E-state index contributed by atoms with van der Waals surface area (Å²) in [6.45, 7) is 0. The largest absolute Gasteiger partial charge is 0.495 e.